The van der Waals surface area contributed by atoms with Gasteiger partial charge in [0.2, 0.25) is 0 Å². The fourth-order valence-electron chi connectivity index (χ4n) is 4.61. The molecule has 2 aliphatic heterocycles. The molecule has 5 nitrogen and oxygen atoms in total. The number of benzene rings is 1. The SMILES string of the molecule is O=C(c1cccc(Cl)c1)N1C[C@@H]2CN(CC3CCC3)C[C@]2(C(=O)O)C1. The van der Waals surface area contributed by atoms with Crippen molar-refractivity contribution in [3.63, 3.8) is 0 Å². The van der Waals surface area contributed by atoms with Crippen LogP contribution in [0.2, 0.25) is 5.02 Å². The largest absolute Gasteiger partial charge is 0.481 e. The van der Waals surface area contributed by atoms with Gasteiger partial charge in [0.25, 0.3) is 5.91 Å². The molecule has 0 radical (unpaired) electrons. The van der Waals surface area contributed by atoms with Crippen molar-refractivity contribution in [2.24, 2.45) is 17.3 Å². The summed E-state index contributed by atoms with van der Waals surface area (Å²) in [5, 5.41) is 10.4. The molecule has 1 N–H and O–H groups in total. The second-order valence-electron chi connectivity index (χ2n) is 7.85. The zero-order valence-electron chi connectivity index (χ0n) is 14.2. The average Bonchev–Trinajstić information content (AvgIpc) is 3.05. The van der Waals surface area contributed by atoms with Gasteiger partial charge in [-0.15, -0.1) is 0 Å². The Morgan fingerprint density at radius 3 is 2.64 bits per heavy atom. The van der Waals surface area contributed by atoms with Gasteiger partial charge in [0.1, 0.15) is 5.41 Å². The van der Waals surface area contributed by atoms with Crippen LogP contribution < -0.4 is 0 Å². The van der Waals surface area contributed by atoms with E-state index in [1.807, 2.05) is 0 Å². The maximum Gasteiger partial charge on any atom is 0.313 e. The summed E-state index contributed by atoms with van der Waals surface area (Å²) >= 11 is 5.98. The molecule has 1 amide bonds. The minimum Gasteiger partial charge on any atom is -0.481 e. The van der Waals surface area contributed by atoms with Crippen LogP contribution in [0.3, 0.4) is 0 Å². The Bertz CT molecular complexity index is 706. The van der Waals surface area contributed by atoms with Crippen molar-refractivity contribution in [3.8, 4) is 0 Å². The number of hydrogen-bond donors (Lipinski definition) is 1. The molecule has 2 atom stereocenters. The first-order valence-electron chi connectivity index (χ1n) is 8.98. The van der Waals surface area contributed by atoms with Gasteiger partial charge in [-0.25, -0.2) is 0 Å². The maximum atomic E-state index is 12.8. The van der Waals surface area contributed by atoms with Gasteiger partial charge in [-0.3, -0.25) is 9.59 Å². The highest BCUT2D eigenvalue weighted by Crippen LogP contribution is 2.44. The van der Waals surface area contributed by atoms with Crippen LogP contribution in [0.5, 0.6) is 0 Å². The molecular formula is C19H23ClN2O3. The minimum absolute atomic E-state index is 0.00760. The predicted octanol–water partition coefficient (Wildman–Crippen LogP) is 2.60. The molecule has 0 aromatic heterocycles. The van der Waals surface area contributed by atoms with E-state index in [1.54, 1.807) is 29.2 Å². The fourth-order valence-corrected chi connectivity index (χ4v) is 4.80. The average molecular weight is 363 g/mol. The second kappa shape index (κ2) is 6.29. The molecule has 2 saturated heterocycles. The topological polar surface area (TPSA) is 60.9 Å². The fraction of sp³-hybridized carbons (Fsp3) is 0.579. The van der Waals surface area contributed by atoms with Crippen LogP contribution in [-0.4, -0.2) is 59.5 Å². The molecular weight excluding hydrogens is 340 g/mol. The van der Waals surface area contributed by atoms with Crippen molar-refractivity contribution in [2.75, 3.05) is 32.7 Å². The number of carbonyl (C=O) groups is 2. The Morgan fingerprint density at radius 2 is 2.04 bits per heavy atom. The highest BCUT2D eigenvalue weighted by molar-refractivity contribution is 6.30. The minimum atomic E-state index is -0.821. The number of fused-ring (bicyclic) bond motifs is 1. The van der Waals surface area contributed by atoms with Crippen LogP contribution in [0, 0.1) is 17.3 Å². The van der Waals surface area contributed by atoms with Crippen molar-refractivity contribution in [1.29, 1.82) is 0 Å². The van der Waals surface area contributed by atoms with Gasteiger partial charge in [0, 0.05) is 49.2 Å². The predicted molar refractivity (Wildman–Crippen MR) is 94.7 cm³/mol. The first-order valence-corrected chi connectivity index (χ1v) is 9.36. The number of nitrogens with zero attached hydrogens (tertiary/aromatic N) is 2. The van der Waals surface area contributed by atoms with E-state index in [1.165, 1.54) is 19.3 Å². The molecule has 0 spiro atoms. The van der Waals surface area contributed by atoms with Gasteiger partial charge in [0.05, 0.1) is 0 Å². The van der Waals surface area contributed by atoms with Gasteiger partial charge < -0.3 is 14.9 Å². The molecule has 1 aromatic rings. The summed E-state index contributed by atoms with van der Waals surface area (Å²) in [6.07, 6.45) is 3.83. The van der Waals surface area contributed by atoms with E-state index < -0.39 is 11.4 Å². The number of aliphatic carboxylic acids is 1. The van der Waals surface area contributed by atoms with Crippen LogP contribution in [-0.2, 0) is 4.79 Å². The molecule has 25 heavy (non-hydrogen) atoms. The number of carboxylic acid groups (broad SMARTS) is 1. The first kappa shape index (κ1) is 16.9. The molecule has 0 bridgehead atoms. The summed E-state index contributed by atoms with van der Waals surface area (Å²) in [5.41, 5.74) is -0.294. The van der Waals surface area contributed by atoms with Crippen LogP contribution >= 0.6 is 11.6 Å². The molecule has 134 valence electrons. The Balaban J connectivity index is 1.49. The standard InChI is InChI=1S/C19H23ClN2O3/c20-16-6-2-5-14(7-16)17(23)22-10-15-9-21(8-13-3-1-4-13)11-19(15,12-22)18(24)25/h2,5-7,13,15H,1,3-4,8-12H2,(H,24,25)/t15-,19-/m0/s1. The summed E-state index contributed by atoms with van der Waals surface area (Å²) in [6.45, 7) is 3.15. The summed E-state index contributed by atoms with van der Waals surface area (Å²) in [5.74, 6) is -0.153. The van der Waals surface area contributed by atoms with E-state index in [2.05, 4.69) is 4.90 Å². The van der Waals surface area contributed by atoms with Crippen LogP contribution in [0.4, 0.5) is 0 Å². The smallest absolute Gasteiger partial charge is 0.313 e. The van der Waals surface area contributed by atoms with Crippen LogP contribution in [0.1, 0.15) is 29.6 Å². The molecule has 1 saturated carbocycles. The molecule has 1 aliphatic carbocycles. The van der Waals surface area contributed by atoms with Crippen molar-refractivity contribution in [3.05, 3.63) is 34.9 Å². The van der Waals surface area contributed by atoms with E-state index in [4.69, 9.17) is 11.6 Å². The summed E-state index contributed by atoms with van der Waals surface area (Å²) in [7, 11) is 0. The molecule has 3 fully saturated rings. The Kier molecular flexibility index (Phi) is 4.24. The normalized spacial score (nSPS) is 29.5. The Labute approximate surface area is 152 Å². The number of carbonyl (C=O) groups excluding carboxylic acids is 1. The third kappa shape index (κ3) is 2.93. The molecule has 2 heterocycles. The van der Waals surface area contributed by atoms with Crippen molar-refractivity contribution >= 4 is 23.5 Å². The zero-order chi connectivity index (χ0) is 17.6. The molecule has 6 heteroatoms. The lowest BCUT2D eigenvalue weighted by atomic mass is 9.81. The Morgan fingerprint density at radius 1 is 1.24 bits per heavy atom. The van der Waals surface area contributed by atoms with Gasteiger partial charge >= 0.3 is 5.97 Å². The highest BCUT2D eigenvalue weighted by Gasteiger charge is 2.58. The second-order valence-corrected chi connectivity index (χ2v) is 8.28. The maximum absolute atomic E-state index is 12.8. The third-order valence-electron chi connectivity index (χ3n) is 6.21. The van der Waals surface area contributed by atoms with Gasteiger partial charge in [-0.05, 0) is 37.0 Å². The van der Waals surface area contributed by atoms with Crippen LogP contribution in [0.15, 0.2) is 24.3 Å². The van der Waals surface area contributed by atoms with Gasteiger partial charge in [-0.1, -0.05) is 24.1 Å². The summed E-state index contributed by atoms with van der Waals surface area (Å²) < 4.78 is 0. The third-order valence-corrected chi connectivity index (χ3v) is 6.44. The zero-order valence-corrected chi connectivity index (χ0v) is 14.9. The number of likely N-dealkylation sites (tertiary alicyclic amines) is 2. The van der Waals surface area contributed by atoms with Crippen molar-refractivity contribution < 1.29 is 14.7 Å². The number of rotatable bonds is 4. The lowest BCUT2D eigenvalue weighted by molar-refractivity contribution is -0.148. The first-order chi connectivity index (χ1) is 12.0. The lowest BCUT2D eigenvalue weighted by Gasteiger charge is -2.31. The number of carboxylic acids is 1. The van der Waals surface area contributed by atoms with E-state index in [0.717, 1.165) is 19.0 Å². The molecule has 1 aromatic carbocycles. The Hall–Kier alpha value is -1.59. The lowest BCUT2D eigenvalue weighted by Crippen LogP contribution is -2.43. The van der Waals surface area contributed by atoms with Crippen LogP contribution in [0.25, 0.3) is 0 Å². The number of amides is 1. The number of hydrogen-bond acceptors (Lipinski definition) is 3. The van der Waals surface area contributed by atoms with E-state index in [-0.39, 0.29) is 11.8 Å². The molecule has 3 aliphatic rings. The number of halogens is 1. The van der Waals surface area contributed by atoms with Crippen molar-refractivity contribution in [2.45, 2.75) is 19.3 Å². The summed E-state index contributed by atoms with van der Waals surface area (Å²) in [4.78, 5) is 28.9. The monoisotopic (exact) mass is 362 g/mol. The van der Waals surface area contributed by atoms with Crippen molar-refractivity contribution in [1.82, 2.24) is 9.80 Å². The van der Waals surface area contributed by atoms with E-state index in [0.29, 0.717) is 30.2 Å². The highest BCUT2D eigenvalue weighted by atomic mass is 35.5. The molecule has 4 rings (SSSR count). The van der Waals surface area contributed by atoms with E-state index in [9.17, 15) is 14.7 Å². The summed E-state index contributed by atoms with van der Waals surface area (Å²) in [6, 6.07) is 6.86. The van der Waals surface area contributed by atoms with E-state index >= 15 is 0 Å². The quantitative estimate of drug-likeness (QED) is 0.894. The van der Waals surface area contributed by atoms with Gasteiger partial charge in [0.15, 0.2) is 0 Å². The molecule has 0 unspecified atom stereocenters. The van der Waals surface area contributed by atoms with Gasteiger partial charge in [-0.2, -0.15) is 0 Å².